The van der Waals surface area contributed by atoms with E-state index in [9.17, 15) is 0 Å². The van der Waals surface area contributed by atoms with Gasteiger partial charge < -0.3 is 11.1 Å². The molecule has 1 aromatic carbocycles. The smallest absolute Gasteiger partial charge is 0.159 e. The highest BCUT2D eigenvalue weighted by Crippen LogP contribution is 2.25. The Labute approximate surface area is 130 Å². The summed E-state index contributed by atoms with van der Waals surface area (Å²) in [5.41, 5.74) is 8.49. The highest BCUT2D eigenvalue weighted by Gasteiger charge is 2.11. The average molecular weight is 305 g/mol. The Morgan fingerprint density at radius 3 is 2.57 bits per heavy atom. The lowest BCUT2D eigenvalue weighted by Gasteiger charge is -2.14. The Bertz CT molecular complexity index is 581. The van der Waals surface area contributed by atoms with Crippen molar-refractivity contribution in [3.05, 3.63) is 41.2 Å². The minimum Gasteiger partial charge on any atom is -0.382 e. The van der Waals surface area contributed by atoms with Crippen molar-refractivity contribution in [2.24, 2.45) is 5.73 Å². The second-order valence-electron chi connectivity index (χ2n) is 5.22. The van der Waals surface area contributed by atoms with Crippen LogP contribution in [0, 0.1) is 0 Å². The molecule has 2 rings (SSSR count). The Kier molecular flexibility index (Phi) is 5.53. The fourth-order valence-corrected chi connectivity index (χ4v) is 2.16. The molecule has 5 heteroatoms. The van der Waals surface area contributed by atoms with Gasteiger partial charge in [0.25, 0.3) is 0 Å². The van der Waals surface area contributed by atoms with E-state index in [4.69, 9.17) is 22.3 Å². The van der Waals surface area contributed by atoms with Gasteiger partial charge in [0.05, 0.1) is 17.6 Å². The molecule has 0 radical (unpaired) electrons. The standard InChI is InChI=1S/C16H21ClN4/c1-11(2)15-14(19-9-3-8-18)10-20-16(21-15)12-4-6-13(17)7-5-12/h4-7,10-11,19H,3,8-9,18H2,1-2H3. The Hall–Kier alpha value is -1.65. The van der Waals surface area contributed by atoms with Gasteiger partial charge >= 0.3 is 0 Å². The van der Waals surface area contributed by atoms with E-state index in [1.54, 1.807) is 0 Å². The number of rotatable bonds is 6. The summed E-state index contributed by atoms with van der Waals surface area (Å²) in [6, 6.07) is 7.57. The molecule has 112 valence electrons. The molecule has 2 aromatic rings. The molecule has 0 bridgehead atoms. The number of nitrogens with two attached hydrogens (primary N) is 1. The first-order valence-corrected chi connectivity index (χ1v) is 7.56. The topological polar surface area (TPSA) is 63.8 Å². The van der Waals surface area contributed by atoms with Crippen molar-refractivity contribution >= 4 is 17.3 Å². The van der Waals surface area contributed by atoms with Crippen LogP contribution in [0.4, 0.5) is 5.69 Å². The molecule has 0 spiro atoms. The third-order valence-corrected chi connectivity index (χ3v) is 3.42. The zero-order valence-corrected chi connectivity index (χ0v) is 13.2. The maximum absolute atomic E-state index is 5.92. The van der Waals surface area contributed by atoms with Crippen LogP contribution in [-0.4, -0.2) is 23.1 Å². The van der Waals surface area contributed by atoms with Gasteiger partial charge in [0, 0.05) is 17.1 Å². The van der Waals surface area contributed by atoms with Crippen LogP contribution >= 0.6 is 11.6 Å². The van der Waals surface area contributed by atoms with E-state index in [-0.39, 0.29) is 0 Å². The maximum Gasteiger partial charge on any atom is 0.159 e. The number of nitrogens with zero attached hydrogens (tertiary/aromatic N) is 2. The monoisotopic (exact) mass is 304 g/mol. The van der Waals surface area contributed by atoms with E-state index in [0.29, 0.717) is 17.5 Å². The number of hydrogen-bond acceptors (Lipinski definition) is 4. The number of nitrogens with one attached hydrogen (secondary N) is 1. The van der Waals surface area contributed by atoms with Gasteiger partial charge in [-0.15, -0.1) is 0 Å². The van der Waals surface area contributed by atoms with Crippen molar-refractivity contribution in [2.45, 2.75) is 26.2 Å². The Morgan fingerprint density at radius 1 is 1.24 bits per heavy atom. The van der Waals surface area contributed by atoms with Gasteiger partial charge in [0.1, 0.15) is 0 Å². The Morgan fingerprint density at radius 2 is 1.95 bits per heavy atom. The van der Waals surface area contributed by atoms with Crippen LogP contribution in [0.25, 0.3) is 11.4 Å². The van der Waals surface area contributed by atoms with Crippen molar-refractivity contribution in [2.75, 3.05) is 18.4 Å². The molecular weight excluding hydrogens is 284 g/mol. The van der Waals surface area contributed by atoms with Crippen LogP contribution in [0.3, 0.4) is 0 Å². The van der Waals surface area contributed by atoms with Crippen molar-refractivity contribution < 1.29 is 0 Å². The van der Waals surface area contributed by atoms with Gasteiger partial charge in [-0.05, 0) is 43.1 Å². The first-order chi connectivity index (χ1) is 10.1. The van der Waals surface area contributed by atoms with E-state index in [0.717, 1.165) is 35.7 Å². The summed E-state index contributed by atoms with van der Waals surface area (Å²) in [5, 5.41) is 4.07. The summed E-state index contributed by atoms with van der Waals surface area (Å²) in [5.74, 6) is 1.04. The van der Waals surface area contributed by atoms with Crippen LogP contribution in [0.2, 0.25) is 5.02 Å². The van der Waals surface area contributed by atoms with Crippen LogP contribution < -0.4 is 11.1 Å². The number of halogens is 1. The molecule has 1 aromatic heterocycles. The molecular formula is C16H21ClN4. The quantitative estimate of drug-likeness (QED) is 0.799. The SMILES string of the molecule is CC(C)c1nc(-c2ccc(Cl)cc2)ncc1NCCCN. The minimum absolute atomic E-state index is 0.319. The van der Waals surface area contributed by atoms with E-state index >= 15 is 0 Å². The van der Waals surface area contributed by atoms with Gasteiger partial charge in [-0.1, -0.05) is 25.4 Å². The van der Waals surface area contributed by atoms with Gasteiger partial charge in [-0.3, -0.25) is 0 Å². The highest BCUT2D eigenvalue weighted by molar-refractivity contribution is 6.30. The molecule has 0 saturated carbocycles. The molecule has 21 heavy (non-hydrogen) atoms. The lowest BCUT2D eigenvalue weighted by Crippen LogP contribution is -2.11. The summed E-state index contributed by atoms with van der Waals surface area (Å²) in [4.78, 5) is 9.16. The second-order valence-corrected chi connectivity index (χ2v) is 5.66. The third kappa shape index (κ3) is 4.16. The molecule has 3 N–H and O–H groups in total. The second kappa shape index (κ2) is 7.38. The zero-order valence-electron chi connectivity index (χ0n) is 12.4. The largest absolute Gasteiger partial charge is 0.382 e. The molecule has 1 heterocycles. The summed E-state index contributed by atoms with van der Waals surface area (Å²) in [6.07, 6.45) is 2.78. The predicted molar refractivity (Wildman–Crippen MR) is 88.7 cm³/mol. The van der Waals surface area contributed by atoms with E-state index in [2.05, 4.69) is 24.1 Å². The number of anilines is 1. The minimum atomic E-state index is 0.319. The summed E-state index contributed by atoms with van der Waals surface area (Å²) in [6.45, 7) is 5.76. The molecule has 0 unspecified atom stereocenters. The fourth-order valence-electron chi connectivity index (χ4n) is 2.03. The van der Waals surface area contributed by atoms with Crippen molar-refractivity contribution in [3.8, 4) is 11.4 Å². The highest BCUT2D eigenvalue weighted by atomic mass is 35.5. The lowest BCUT2D eigenvalue weighted by atomic mass is 10.1. The first kappa shape index (κ1) is 15.7. The number of aromatic nitrogens is 2. The molecule has 0 saturated heterocycles. The normalized spacial score (nSPS) is 10.9. The van der Waals surface area contributed by atoms with E-state index in [1.165, 1.54) is 0 Å². The Balaban J connectivity index is 2.29. The lowest BCUT2D eigenvalue weighted by molar-refractivity contribution is 0.809. The van der Waals surface area contributed by atoms with Gasteiger partial charge in [-0.25, -0.2) is 9.97 Å². The number of benzene rings is 1. The van der Waals surface area contributed by atoms with Crippen LogP contribution in [0.1, 0.15) is 31.9 Å². The van der Waals surface area contributed by atoms with Gasteiger partial charge in [0.2, 0.25) is 0 Å². The van der Waals surface area contributed by atoms with Gasteiger partial charge in [-0.2, -0.15) is 0 Å². The first-order valence-electron chi connectivity index (χ1n) is 7.18. The molecule has 0 aliphatic heterocycles. The third-order valence-electron chi connectivity index (χ3n) is 3.16. The predicted octanol–water partition coefficient (Wildman–Crippen LogP) is 3.68. The zero-order chi connectivity index (χ0) is 15.2. The van der Waals surface area contributed by atoms with Crippen molar-refractivity contribution in [1.29, 1.82) is 0 Å². The molecule has 0 aliphatic carbocycles. The molecule has 0 fully saturated rings. The fraction of sp³-hybridized carbons (Fsp3) is 0.375. The van der Waals surface area contributed by atoms with E-state index < -0.39 is 0 Å². The summed E-state index contributed by atoms with van der Waals surface area (Å²) >= 11 is 5.92. The molecule has 0 atom stereocenters. The van der Waals surface area contributed by atoms with Crippen LogP contribution in [0.15, 0.2) is 30.5 Å². The summed E-state index contributed by atoms with van der Waals surface area (Å²) < 4.78 is 0. The maximum atomic E-state index is 5.92. The van der Waals surface area contributed by atoms with Crippen LogP contribution in [0.5, 0.6) is 0 Å². The number of hydrogen-bond donors (Lipinski definition) is 2. The van der Waals surface area contributed by atoms with E-state index in [1.807, 2.05) is 30.5 Å². The van der Waals surface area contributed by atoms with Crippen molar-refractivity contribution in [3.63, 3.8) is 0 Å². The van der Waals surface area contributed by atoms with Gasteiger partial charge in [0.15, 0.2) is 5.82 Å². The molecule has 0 amide bonds. The van der Waals surface area contributed by atoms with Crippen molar-refractivity contribution in [1.82, 2.24) is 9.97 Å². The van der Waals surface area contributed by atoms with Crippen LogP contribution in [-0.2, 0) is 0 Å². The molecule has 0 aliphatic rings. The molecule has 4 nitrogen and oxygen atoms in total. The summed E-state index contributed by atoms with van der Waals surface area (Å²) in [7, 11) is 0. The average Bonchev–Trinajstić information content (AvgIpc) is 2.48.